The van der Waals surface area contributed by atoms with Gasteiger partial charge in [-0.1, -0.05) is 6.07 Å². The molecule has 0 saturated carbocycles. The molecule has 2 rings (SSSR count). The highest BCUT2D eigenvalue weighted by Gasteiger charge is 2.43. The van der Waals surface area contributed by atoms with Crippen LogP contribution in [0, 0.1) is 0 Å². The fourth-order valence-electron chi connectivity index (χ4n) is 1.86. The molecule has 0 radical (unpaired) electrons. The first kappa shape index (κ1) is 10.4. The second kappa shape index (κ2) is 3.18. The Labute approximate surface area is 87.9 Å². The number of hydrogen-bond acceptors (Lipinski definition) is 5. The molecule has 82 valence electrons. The zero-order valence-electron chi connectivity index (χ0n) is 8.05. The molecule has 0 aliphatic carbocycles. The summed E-state index contributed by atoms with van der Waals surface area (Å²) in [6, 6.07) is 3.25. The van der Waals surface area contributed by atoms with E-state index in [1.807, 2.05) is 0 Å². The van der Waals surface area contributed by atoms with Gasteiger partial charge in [0, 0.05) is 11.8 Å². The van der Waals surface area contributed by atoms with Crippen molar-refractivity contribution in [1.29, 1.82) is 0 Å². The van der Waals surface area contributed by atoms with Crippen LogP contribution < -0.4 is 5.73 Å². The van der Waals surface area contributed by atoms with Crippen molar-refractivity contribution in [2.75, 3.05) is 17.2 Å². The van der Waals surface area contributed by atoms with Gasteiger partial charge in [-0.2, -0.15) is 0 Å². The van der Waals surface area contributed by atoms with Gasteiger partial charge >= 0.3 is 0 Å². The number of pyridine rings is 1. The number of sulfone groups is 1. The van der Waals surface area contributed by atoms with Gasteiger partial charge in [-0.3, -0.25) is 0 Å². The number of anilines is 1. The number of aromatic nitrogens is 1. The maximum Gasteiger partial charge on any atom is 0.153 e. The minimum Gasteiger partial charge on any atom is -0.384 e. The van der Waals surface area contributed by atoms with Crippen LogP contribution in [0.1, 0.15) is 12.0 Å². The lowest BCUT2D eigenvalue weighted by Gasteiger charge is -2.21. The Morgan fingerprint density at radius 2 is 2.27 bits per heavy atom. The van der Waals surface area contributed by atoms with E-state index in [0.717, 1.165) is 0 Å². The molecule has 1 aliphatic heterocycles. The topological polar surface area (TPSA) is 93.3 Å². The van der Waals surface area contributed by atoms with Crippen molar-refractivity contribution in [3.05, 3.63) is 23.9 Å². The summed E-state index contributed by atoms with van der Waals surface area (Å²) in [5.74, 6) is -0.0784. The summed E-state index contributed by atoms with van der Waals surface area (Å²) < 4.78 is 22.6. The van der Waals surface area contributed by atoms with Crippen molar-refractivity contribution in [2.45, 2.75) is 12.0 Å². The van der Waals surface area contributed by atoms with Crippen LogP contribution in [0.15, 0.2) is 18.3 Å². The van der Waals surface area contributed by atoms with Crippen LogP contribution in [-0.2, 0) is 15.4 Å². The van der Waals surface area contributed by atoms with E-state index in [9.17, 15) is 13.5 Å². The first-order valence-corrected chi connectivity index (χ1v) is 6.39. The molecule has 1 fully saturated rings. The van der Waals surface area contributed by atoms with Crippen LogP contribution in [-0.4, -0.2) is 30.0 Å². The minimum atomic E-state index is -3.15. The Bertz CT molecular complexity index is 486. The number of rotatable bonds is 1. The lowest BCUT2D eigenvalue weighted by molar-refractivity contribution is 0.0658. The number of aliphatic hydroxyl groups is 1. The SMILES string of the molecule is Nc1ncccc1C1(O)CCS(=O)(=O)C1. The normalized spacial score (nSPS) is 29.1. The Morgan fingerprint density at radius 1 is 1.53 bits per heavy atom. The lowest BCUT2D eigenvalue weighted by Crippen LogP contribution is -2.28. The third kappa shape index (κ3) is 1.82. The highest BCUT2D eigenvalue weighted by molar-refractivity contribution is 7.91. The van der Waals surface area contributed by atoms with Crippen LogP contribution in [0.4, 0.5) is 5.82 Å². The Kier molecular flexibility index (Phi) is 2.20. The molecule has 1 saturated heterocycles. The molecule has 3 N–H and O–H groups in total. The first-order valence-electron chi connectivity index (χ1n) is 4.57. The van der Waals surface area contributed by atoms with Gasteiger partial charge in [0.05, 0.1) is 11.5 Å². The van der Waals surface area contributed by atoms with E-state index in [2.05, 4.69) is 4.98 Å². The molecule has 1 atom stereocenters. The summed E-state index contributed by atoms with van der Waals surface area (Å²) >= 11 is 0. The fraction of sp³-hybridized carbons (Fsp3) is 0.444. The van der Waals surface area contributed by atoms with E-state index in [0.29, 0.717) is 5.56 Å². The Hall–Kier alpha value is -1.14. The molecule has 6 heteroatoms. The standard InChI is InChI=1S/C9H12N2O3S/c10-8-7(2-1-4-11-8)9(12)3-5-15(13,14)6-9/h1-2,4,12H,3,5-6H2,(H2,10,11). The average molecular weight is 228 g/mol. The van der Waals surface area contributed by atoms with Gasteiger partial charge in [-0.25, -0.2) is 13.4 Å². The second-order valence-corrected chi connectivity index (χ2v) is 5.99. The molecule has 15 heavy (non-hydrogen) atoms. The number of nitrogen functional groups attached to an aromatic ring is 1. The van der Waals surface area contributed by atoms with Crippen LogP contribution in [0.5, 0.6) is 0 Å². The van der Waals surface area contributed by atoms with E-state index < -0.39 is 15.4 Å². The molecule has 1 aliphatic rings. The summed E-state index contributed by atoms with van der Waals surface area (Å²) in [7, 11) is -3.15. The van der Waals surface area contributed by atoms with Crippen molar-refractivity contribution in [1.82, 2.24) is 4.98 Å². The molecule has 1 unspecified atom stereocenters. The summed E-state index contributed by atoms with van der Waals surface area (Å²) in [5, 5.41) is 10.2. The van der Waals surface area contributed by atoms with Crippen LogP contribution in [0.25, 0.3) is 0 Å². The molecule has 1 aromatic heterocycles. The van der Waals surface area contributed by atoms with Gasteiger partial charge < -0.3 is 10.8 Å². The molecular formula is C9H12N2O3S. The quantitative estimate of drug-likeness (QED) is 0.686. The Morgan fingerprint density at radius 3 is 2.80 bits per heavy atom. The van der Waals surface area contributed by atoms with Gasteiger partial charge in [0.25, 0.3) is 0 Å². The number of nitrogens with zero attached hydrogens (tertiary/aromatic N) is 1. The number of nitrogens with two attached hydrogens (primary N) is 1. The summed E-state index contributed by atoms with van der Waals surface area (Å²) in [4.78, 5) is 3.84. The van der Waals surface area contributed by atoms with Gasteiger partial charge in [-0.05, 0) is 12.5 Å². The third-order valence-corrected chi connectivity index (χ3v) is 4.37. The highest BCUT2D eigenvalue weighted by Crippen LogP contribution is 2.35. The van der Waals surface area contributed by atoms with Crippen molar-refractivity contribution in [3.63, 3.8) is 0 Å². The summed E-state index contributed by atoms with van der Waals surface area (Å²) in [6.45, 7) is 0. The van der Waals surface area contributed by atoms with Crippen LogP contribution >= 0.6 is 0 Å². The van der Waals surface area contributed by atoms with Crippen molar-refractivity contribution >= 4 is 15.7 Å². The number of hydrogen-bond donors (Lipinski definition) is 2. The van der Waals surface area contributed by atoms with E-state index >= 15 is 0 Å². The highest BCUT2D eigenvalue weighted by atomic mass is 32.2. The van der Waals surface area contributed by atoms with Crippen molar-refractivity contribution in [3.8, 4) is 0 Å². The van der Waals surface area contributed by atoms with Crippen LogP contribution in [0.2, 0.25) is 0 Å². The van der Waals surface area contributed by atoms with Crippen molar-refractivity contribution < 1.29 is 13.5 Å². The monoisotopic (exact) mass is 228 g/mol. The summed E-state index contributed by atoms with van der Waals surface area (Å²) in [5.41, 5.74) is 4.65. The maximum absolute atomic E-state index is 11.3. The molecule has 5 nitrogen and oxygen atoms in total. The molecule has 0 amide bonds. The third-order valence-electron chi connectivity index (χ3n) is 2.63. The maximum atomic E-state index is 11.3. The molecule has 0 aromatic carbocycles. The van der Waals surface area contributed by atoms with Gasteiger partial charge in [0.2, 0.25) is 0 Å². The van der Waals surface area contributed by atoms with Gasteiger partial charge in [-0.15, -0.1) is 0 Å². The smallest absolute Gasteiger partial charge is 0.153 e. The molecule has 1 aromatic rings. The summed E-state index contributed by atoms with van der Waals surface area (Å²) in [6.07, 6.45) is 1.69. The molecule has 2 heterocycles. The zero-order chi connectivity index (χ0) is 11.1. The molecular weight excluding hydrogens is 216 g/mol. The molecule has 0 bridgehead atoms. The fourth-order valence-corrected chi connectivity index (χ4v) is 3.68. The second-order valence-electron chi connectivity index (χ2n) is 3.81. The largest absolute Gasteiger partial charge is 0.384 e. The zero-order valence-corrected chi connectivity index (χ0v) is 8.87. The molecule has 0 spiro atoms. The van der Waals surface area contributed by atoms with E-state index in [1.54, 1.807) is 12.1 Å². The average Bonchev–Trinajstić information content (AvgIpc) is 2.42. The predicted octanol–water partition coefficient (Wildman–Crippen LogP) is -0.330. The van der Waals surface area contributed by atoms with Crippen LogP contribution in [0.3, 0.4) is 0 Å². The van der Waals surface area contributed by atoms with Crippen molar-refractivity contribution in [2.24, 2.45) is 0 Å². The van der Waals surface area contributed by atoms with E-state index in [1.165, 1.54) is 6.20 Å². The van der Waals surface area contributed by atoms with E-state index in [-0.39, 0.29) is 23.7 Å². The first-order chi connectivity index (χ1) is 6.93. The van der Waals surface area contributed by atoms with Gasteiger partial charge in [0.15, 0.2) is 9.84 Å². The van der Waals surface area contributed by atoms with Gasteiger partial charge in [0.1, 0.15) is 11.4 Å². The Balaban J connectivity index is 2.44. The predicted molar refractivity (Wildman–Crippen MR) is 55.8 cm³/mol. The van der Waals surface area contributed by atoms with E-state index in [4.69, 9.17) is 5.73 Å². The minimum absolute atomic E-state index is 0.00215. The lowest BCUT2D eigenvalue weighted by atomic mass is 9.94.